The molecule has 1 aliphatic carbocycles. The average Bonchev–Trinajstić information content (AvgIpc) is 3.63. The molecule has 2 fully saturated rings. The number of aromatic nitrogens is 3. The second kappa shape index (κ2) is 12.2. The monoisotopic (exact) mass is 569 g/mol. The normalized spacial score (nSPS) is 17.1. The molecule has 2 aromatic carbocycles. The van der Waals surface area contributed by atoms with Crippen LogP contribution in [0.5, 0.6) is 0 Å². The summed E-state index contributed by atoms with van der Waals surface area (Å²) in [7, 11) is -3.64. The third-order valence-electron chi connectivity index (χ3n) is 7.20. The van der Waals surface area contributed by atoms with Gasteiger partial charge in [-0.05, 0) is 51.0 Å². The number of carbonyl (C=O) groups is 1. The van der Waals surface area contributed by atoms with Crippen LogP contribution in [-0.2, 0) is 19.6 Å². The summed E-state index contributed by atoms with van der Waals surface area (Å²) in [6.07, 6.45) is 4.23. The summed E-state index contributed by atoms with van der Waals surface area (Å²) in [4.78, 5) is 15.4. The van der Waals surface area contributed by atoms with Crippen LogP contribution >= 0.6 is 11.8 Å². The maximum absolute atomic E-state index is 13.3. The number of carbonyl (C=O) groups excluding carboxylic acids is 1. The molecule has 1 aromatic heterocycles. The van der Waals surface area contributed by atoms with Crippen LogP contribution in [0.15, 0.2) is 64.6 Å². The Morgan fingerprint density at radius 2 is 1.77 bits per heavy atom. The van der Waals surface area contributed by atoms with E-state index in [2.05, 4.69) is 14.8 Å². The van der Waals surface area contributed by atoms with E-state index in [1.807, 2.05) is 55.1 Å². The van der Waals surface area contributed by atoms with Gasteiger partial charge in [0.15, 0.2) is 11.0 Å². The summed E-state index contributed by atoms with van der Waals surface area (Å²) in [6.45, 7) is 5.49. The fourth-order valence-electron chi connectivity index (χ4n) is 5.31. The zero-order valence-corrected chi connectivity index (χ0v) is 24.0. The lowest BCUT2D eigenvalue weighted by atomic mass is 10.2. The van der Waals surface area contributed by atoms with E-state index >= 15 is 0 Å². The van der Waals surface area contributed by atoms with Crippen molar-refractivity contribution in [2.24, 2.45) is 0 Å². The lowest BCUT2D eigenvalue weighted by Gasteiger charge is -2.27. The van der Waals surface area contributed by atoms with Gasteiger partial charge in [0.2, 0.25) is 15.9 Å². The minimum Gasteiger partial charge on any atom is -0.379 e. The second-order valence-electron chi connectivity index (χ2n) is 10.1. The highest BCUT2D eigenvalue weighted by atomic mass is 32.2. The van der Waals surface area contributed by atoms with Crippen LogP contribution in [-0.4, -0.2) is 71.5 Å². The number of hydrogen-bond acceptors (Lipinski definition) is 7. The van der Waals surface area contributed by atoms with E-state index in [1.165, 1.54) is 16.1 Å². The van der Waals surface area contributed by atoms with E-state index in [4.69, 9.17) is 4.74 Å². The number of ether oxygens (including phenoxy) is 1. The van der Waals surface area contributed by atoms with Gasteiger partial charge in [0.1, 0.15) is 0 Å². The van der Waals surface area contributed by atoms with Crippen LogP contribution in [0.3, 0.4) is 0 Å². The summed E-state index contributed by atoms with van der Waals surface area (Å²) in [5, 5.41) is 9.70. The fourth-order valence-corrected chi connectivity index (χ4v) is 7.63. The number of morpholine rings is 1. The molecule has 11 heteroatoms. The molecule has 1 saturated heterocycles. The van der Waals surface area contributed by atoms with Crippen molar-refractivity contribution in [2.75, 3.05) is 37.0 Å². The zero-order valence-electron chi connectivity index (χ0n) is 22.4. The number of nitrogens with zero attached hydrogens (tertiary/aromatic N) is 5. The third kappa shape index (κ3) is 6.06. The highest BCUT2D eigenvalue weighted by Gasteiger charge is 2.29. The minimum absolute atomic E-state index is 0.00215. The second-order valence-corrected chi connectivity index (χ2v) is 13.0. The highest BCUT2D eigenvalue weighted by Crippen LogP contribution is 2.37. The van der Waals surface area contributed by atoms with E-state index in [-0.39, 0.29) is 28.6 Å². The van der Waals surface area contributed by atoms with Crippen molar-refractivity contribution < 1.29 is 17.9 Å². The van der Waals surface area contributed by atoms with Crippen LogP contribution in [0, 0.1) is 0 Å². The number of anilines is 1. The van der Waals surface area contributed by atoms with Gasteiger partial charge in [0.05, 0.1) is 23.9 Å². The molecule has 0 unspecified atom stereocenters. The van der Waals surface area contributed by atoms with Crippen molar-refractivity contribution in [3.05, 3.63) is 54.6 Å². The van der Waals surface area contributed by atoms with Crippen molar-refractivity contribution in [3.63, 3.8) is 0 Å². The van der Waals surface area contributed by atoms with Crippen molar-refractivity contribution in [3.8, 4) is 11.4 Å². The topological polar surface area (TPSA) is 97.6 Å². The minimum atomic E-state index is -3.64. The van der Waals surface area contributed by atoms with Crippen molar-refractivity contribution in [1.29, 1.82) is 0 Å². The van der Waals surface area contributed by atoms with E-state index in [9.17, 15) is 13.2 Å². The molecule has 0 spiro atoms. The van der Waals surface area contributed by atoms with Gasteiger partial charge in [0.25, 0.3) is 0 Å². The largest absolute Gasteiger partial charge is 0.379 e. The zero-order chi connectivity index (χ0) is 27.4. The summed E-state index contributed by atoms with van der Waals surface area (Å²) >= 11 is 1.39. The molecular weight excluding hydrogens is 534 g/mol. The van der Waals surface area contributed by atoms with Gasteiger partial charge in [-0.25, -0.2) is 8.42 Å². The Labute approximate surface area is 234 Å². The molecule has 1 saturated carbocycles. The molecule has 1 amide bonds. The first-order chi connectivity index (χ1) is 18.9. The van der Waals surface area contributed by atoms with Gasteiger partial charge in [-0.15, -0.1) is 10.2 Å². The van der Waals surface area contributed by atoms with E-state index < -0.39 is 10.0 Å². The Morgan fingerprint density at radius 1 is 1.05 bits per heavy atom. The first-order valence-corrected chi connectivity index (χ1v) is 15.9. The quantitative estimate of drug-likeness (QED) is 0.347. The smallest absolute Gasteiger partial charge is 0.243 e. The SMILES string of the molecule is CC(C)N(C(=O)CSc1nnc(-c2cccc(S(=O)(=O)N3CCOCC3)c2)n1C1CCCC1)c1ccccc1. The Kier molecular flexibility index (Phi) is 8.70. The van der Waals surface area contributed by atoms with Crippen LogP contribution in [0.25, 0.3) is 11.4 Å². The first kappa shape index (κ1) is 27.8. The summed E-state index contributed by atoms with van der Waals surface area (Å²) in [5.41, 5.74) is 1.57. The highest BCUT2D eigenvalue weighted by molar-refractivity contribution is 7.99. The van der Waals surface area contributed by atoms with Crippen LogP contribution in [0.4, 0.5) is 5.69 Å². The van der Waals surface area contributed by atoms with Gasteiger partial charge >= 0.3 is 0 Å². The molecule has 1 aliphatic heterocycles. The Hall–Kier alpha value is -2.73. The third-order valence-corrected chi connectivity index (χ3v) is 10.0. The standard InChI is InChI=1S/C28H35N5O4S2/c1-21(2)32(23-10-4-3-5-11-23)26(34)20-38-28-30-29-27(33(28)24-12-6-7-13-24)22-9-8-14-25(19-22)39(35,36)31-15-17-37-18-16-31/h3-5,8-11,14,19,21,24H,6-7,12-13,15-18,20H2,1-2H3. The molecule has 0 N–H and O–H groups in total. The maximum atomic E-state index is 13.3. The van der Waals surface area contributed by atoms with Gasteiger partial charge in [0, 0.05) is 36.4 Å². The molecule has 9 nitrogen and oxygen atoms in total. The fraction of sp³-hybridized carbons (Fsp3) is 0.464. The van der Waals surface area contributed by atoms with Gasteiger partial charge < -0.3 is 9.64 Å². The number of sulfonamides is 1. The van der Waals surface area contributed by atoms with E-state index in [1.54, 1.807) is 18.2 Å². The molecular formula is C28H35N5O4S2. The Bertz CT molecular complexity index is 1380. The van der Waals surface area contributed by atoms with Crippen LogP contribution in [0.1, 0.15) is 45.6 Å². The Morgan fingerprint density at radius 3 is 2.46 bits per heavy atom. The number of benzene rings is 2. The molecule has 2 heterocycles. The molecule has 0 atom stereocenters. The molecule has 39 heavy (non-hydrogen) atoms. The summed E-state index contributed by atoms with van der Waals surface area (Å²) in [6, 6.07) is 16.9. The van der Waals surface area contributed by atoms with Crippen molar-refractivity contribution in [1.82, 2.24) is 19.1 Å². The van der Waals surface area contributed by atoms with Crippen molar-refractivity contribution in [2.45, 2.75) is 61.7 Å². The summed E-state index contributed by atoms with van der Waals surface area (Å²) in [5.74, 6) is 0.866. The molecule has 2 aliphatic rings. The van der Waals surface area contributed by atoms with Crippen LogP contribution in [0.2, 0.25) is 0 Å². The maximum Gasteiger partial charge on any atom is 0.243 e. The average molecular weight is 570 g/mol. The van der Waals surface area contributed by atoms with E-state index in [0.717, 1.165) is 31.4 Å². The molecule has 5 rings (SSSR count). The number of hydrogen-bond donors (Lipinski definition) is 0. The lowest BCUT2D eigenvalue weighted by Crippen LogP contribution is -2.40. The molecule has 0 bridgehead atoms. The van der Waals surface area contributed by atoms with Gasteiger partial charge in [-0.2, -0.15) is 4.31 Å². The molecule has 0 radical (unpaired) electrons. The number of thioether (sulfide) groups is 1. The lowest BCUT2D eigenvalue weighted by molar-refractivity contribution is -0.116. The van der Waals surface area contributed by atoms with Crippen LogP contribution < -0.4 is 4.90 Å². The number of para-hydroxylation sites is 1. The Balaban J connectivity index is 1.42. The predicted octanol–water partition coefficient (Wildman–Crippen LogP) is 4.61. The van der Waals surface area contributed by atoms with Gasteiger partial charge in [-0.3, -0.25) is 9.36 Å². The molecule has 3 aromatic rings. The van der Waals surface area contributed by atoms with Crippen molar-refractivity contribution >= 4 is 33.4 Å². The number of amides is 1. The summed E-state index contributed by atoms with van der Waals surface area (Å²) < 4.78 is 35.5. The first-order valence-electron chi connectivity index (χ1n) is 13.5. The predicted molar refractivity (Wildman–Crippen MR) is 152 cm³/mol. The van der Waals surface area contributed by atoms with E-state index in [0.29, 0.717) is 42.8 Å². The number of rotatable bonds is 9. The van der Waals surface area contributed by atoms with Gasteiger partial charge in [-0.1, -0.05) is 54.9 Å². The molecule has 208 valence electrons.